The highest BCUT2D eigenvalue weighted by atomic mass is 16.5. The van der Waals surface area contributed by atoms with Gasteiger partial charge in [-0.15, -0.1) is 5.10 Å². The third-order valence-corrected chi connectivity index (χ3v) is 3.61. The molecule has 2 aromatic rings. The summed E-state index contributed by atoms with van der Waals surface area (Å²) in [5.74, 6) is 0.644. The topological polar surface area (TPSA) is 69.0 Å². The fourth-order valence-corrected chi connectivity index (χ4v) is 2.55. The van der Waals surface area contributed by atoms with Crippen LogP contribution in [-0.4, -0.2) is 53.5 Å². The maximum absolute atomic E-state index is 11.6. The van der Waals surface area contributed by atoms with Crippen LogP contribution in [0.15, 0.2) is 12.3 Å². The molecule has 0 radical (unpaired) electrons. The van der Waals surface area contributed by atoms with E-state index in [1.165, 1.54) is 0 Å². The van der Waals surface area contributed by atoms with Crippen LogP contribution in [0.3, 0.4) is 0 Å². The van der Waals surface area contributed by atoms with Gasteiger partial charge in [0.15, 0.2) is 5.65 Å². The molecule has 0 bridgehead atoms. The van der Waals surface area contributed by atoms with Gasteiger partial charge in [-0.1, -0.05) is 0 Å². The smallest absolute Gasteiger partial charge is 0.311 e. The van der Waals surface area contributed by atoms with E-state index in [0.717, 1.165) is 43.3 Å². The monoisotopic (exact) mass is 304 g/mol. The zero-order chi connectivity index (χ0) is 15.5. The zero-order valence-electron chi connectivity index (χ0n) is 12.9. The van der Waals surface area contributed by atoms with Crippen LogP contribution < -0.4 is 4.90 Å². The number of nitrogens with zero attached hydrogens (tertiary/aromatic N) is 4. The highest BCUT2D eigenvalue weighted by molar-refractivity contribution is 5.72. The molecular formula is C15H20N4O3. The highest BCUT2D eigenvalue weighted by Crippen LogP contribution is 2.18. The minimum atomic E-state index is -0.267. The first-order valence-corrected chi connectivity index (χ1v) is 7.51. The Hall–Kier alpha value is -2.15. The minimum absolute atomic E-state index is 0.170. The molecular weight excluding hydrogens is 284 g/mol. The first kappa shape index (κ1) is 14.8. The number of carbonyl (C=O) groups is 1. The molecule has 0 aliphatic carbocycles. The van der Waals surface area contributed by atoms with Crippen molar-refractivity contribution in [3.8, 4) is 0 Å². The maximum atomic E-state index is 11.6. The van der Waals surface area contributed by atoms with Crippen molar-refractivity contribution in [2.24, 2.45) is 0 Å². The van der Waals surface area contributed by atoms with Gasteiger partial charge in [-0.05, 0) is 25.5 Å². The van der Waals surface area contributed by atoms with Crippen LogP contribution in [0.5, 0.6) is 0 Å². The number of imidazole rings is 1. The van der Waals surface area contributed by atoms with Gasteiger partial charge in [0.1, 0.15) is 5.82 Å². The normalized spacial score (nSPS) is 15.3. The number of morpholine rings is 1. The van der Waals surface area contributed by atoms with E-state index in [2.05, 4.69) is 15.0 Å². The Balaban J connectivity index is 1.87. The average Bonchev–Trinajstić information content (AvgIpc) is 2.91. The number of hydrogen-bond acceptors (Lipinski definition) is 6. The molecule has 7 heteroatoms. The van der Waals surface area contributed by atoms with E-state index in [9.17, 15) is 4.79 Å². The van der Waals surface area contributed by atoms with E-state index in [1.807, 2.05) is 13.0 Å². The molecule has 1 aliphatic heterocycles. The summed E-state index contributed by atoms with van der Waals surface area (Å²) in [6.07, 6.45) is 1.97. The summed E-state index contributed by atoms with van der Waals surface area (Å²) in [4.78, 5) is 18.2. The Labute approximate surface area is 128 Å². The molecule has 22 heavy (non-hydrogen) atoms. The molecule has 3 heterocycles. The van der Waals surface area contributed by atoms with Crippen LogP contribution in [0, 0.1) is 6.92 Å². The molecule has 0 aromatic carbocycles. The van der Waals surface area contributed by atoms with Gasteiger partial charge < -0.3 is 14.4 Å². The third kappa shape index (κ3) is 3.04. The molecule has 0 saturated carbocycles. The van der Waals surface area contributed by atoms with Gasteiger partial charge >= 0.3 is 5.97 Å². The minimum Gasteiger partial charge on any atom is -0.466 e. The fourth-order valence-electron chi connectivity index (χ4n) is 2.55. The Bertz CT molecular complexity index is 677. The number of fused-ring (bicyclic) bond motifs is 1. The number of rotatable bonds is 4. The molecule has 0 atom stereocenters. The van der Waals surface area contributed by atoms with Gasteiger partial charge in [0.25, 0.3) is 0 Å². The van der Waals surface area contributed by atoms with Crippen molar-refractivity contribution >= 4 is 17.4 Å². The summed E-state index contributed by atoms with van der Waals surface area (Å²) < 4.78 is 12.1. The Kier molecular flexibility index (Phi) is 4.24. The van der Waals surface area contributed by atoms with E-state index in [1.54, 1.807) is 17.6 Å². The zero-order valence-corrected chi connectivity index (χ0v) is 12.9. The third-order valence-electron chi connectivity index (χ3n) is 3.61. The molecule has 2 aromatic heterocycles. The molecule has 1 fully saturated rings. The molecule has 118 valence electrons. The van der Waals surface area contributed by atoms with Crippen molar-refractivity contribution in [2.45, 2.75) is 20.3 Å². The summed E-state index contributed by atoms with van der Waals surface area (Å²) >= 11 is 0. The van der Waals surface area contributed by atoms with Crippen molar-refractivity contribution in [1.82, 2.24) is 14.6 Å². The van der Waals surface area contributed by atoms with E-state index in [4.69, 9.17) is 9.47 Å². The maximum Gasteiger partial charge on any atom is 0.311 e. The van der Waals surface area contributed by atoms with E-state index >= 15 is 0 Å². The predicted octanol–water partition coefficient (Wildman–Crippen LogP) is 0.980. The summed E-state index contributed by atoms with van der Waals surface area (Å²) in [5, 5.41) is 4.61. The molecule has 0 spiro atoms. The number of anilines is 1. The molecule has 0 unspecified atom stereocenters. The van der Waals surface area contributed by atoms with Crippen LogP contribution >= 0.6 is 0 Å². The lowest BCUT2D eigenvalue weighted by atomic mass is 10.3. The van der Waals surface area contributed by atoms with Crippen molar-refractivity contribution in [3.63, 3.8) is 0 Å². The first-order chi connectivity index (χ1) is 10.7. The van der Waals surface area contributed by atoms with Crippen LogP contribution in [0.25, 0.3) is 5.65 Å². The Morgan fingerprint density at radius 1 is 1.41 bits per heavy atom. The molecule has 3 rings (SSSR count). The number of hydrogen-bond donors (Lipinski definition) is 0. The molecule has 1 aliphatic rings. The number of aryl methyl sites for hydroxylation is 1. The fraction of sp³-hybridized carbons (Fsp3) is 0.533. The lowest BCUT2D eigenvalue weighted by Crippen LogP contribution is -2.37. The second-order valence-corrected chi connectivity index (χ2v) is 5.27. The van der Waals surface area contributed by atoms with Gasteiger partial charge in [0, 0.05) is 13.1 Å². The van der Waals surface area contributed by atoms with Crippen molar-refractivity contribution in [2.75, 3.05) is 37.8 Å². The highest BCUT2D eigenvalue weighted by Gasteiger charge is 2.16. The molecule has 0 N–H and O–H groups in total. The summed E-state index contributed by atoms with van der Waals surface area (Å²) in [5.41, 5.74) is 2.48. The standard InChI is InChI=1S/C15H20N4O3/c1-3-22-14(20)9-12-10-19-15(16-12)11(2)8-13(17-19)18-4-6-21-7-5-18/h8,10H,3-7,9H2,1-2H3. The second kappa shape index (κ2) is 6.31. The van der Waals surface area contributed by atoms with Crippen LogP contribution in [0.1, 0.15) is 18.2 Å². The molecule has 0 amide bonds. The van der Waals surface area contributed by atoms with Crippen LogP contribution in [0.2, 0.25) is 0 Å². The van der Waals surface area contributed by atoms with E-state index < -0.39 is 0 Å². The quantitative estimate of drug-likeness (QED) is 0.784. The molecule has 7 nitrogen and oxygen atoms in total. The number of esters is 1. The number of ether oxygens (including phenoxy) is 2. The summed E-state index contributed by atoms with van der Waals surface area (Å²) in [7, 11) is 0. The number of aromatic nitrogens is 3. The Morgan fingerprint density at radius 3 is 2.91 bits per heavy atom. The van der Waals surface area contributed by atoms with Crippen LogP contribution in [0.4, 0.5) is 5.82 Å². The van der Waals surface area contributed by atoms with Crippen LogP contribution in [-0.2, 0) is 20.7 Å². The van der Waals surface area contributed by atoms with E-state index in [0.29, 0.717) is 12.3 Å². The predicted molar refractivity (Wildman–Crippen MR) is 81.1 cm³/mol. The Morgan fingerprint density at radius 2 is 2.18 bits per heavy atom. The summed E-state index contributed by atoms with van der Waals surface area (Å²) in [6.45, 7) is 7.28. The second-order valence-electron chi connectivity index (χ2n) is 5.27. The lowest BCUT2D eigenvalue weighted by Gasteiger charge is -2.27. The van der Waals surface area contributed by atoms with E-state index in [-0.39, 0.29) is 12.4 Å². The lowest BCUT2D eigenvalue weighted by molar-refractivity contribution is -0.142. The summed E-state index contributed by atoms with van der Waals surface area (Å²) in [6, 6.07) is 2.03. The van der Waals surface area contributed by atoms with Gasteiger partial charge in [-0.3, -0.25) is 4.79 Å². The van der Waals surface area contributed by atoms with Gasteiger partial charge in [0.05, 0.1) is 38.1 Å². The van der Waals surface area contributed by atoms with Crippen molar-refractivity contribution < 1.29 is 14.3 Å². The van der Waals surface area contributed by atoms with Crippen molar-refractivity contribution in [3.05, 3.63) is 23.5 Å². The molecule has 1 saturated heterocycles. The van der Waals surface area contributed by atoms with Gasteiger partial charge in [-0.2, -0.15) is 0 Å². The number of carbonyl (C=O) groups excluding carboxylic acids is 1. The SMILES string of the molecule is CCOC(=O)Cc1cn2nc(N3CCOCC3)cc(C)c2n1. The first-order valence-electron chi connectivity index (χ1n) is 7.51. The van der Waals surface area contributed by atoms with Gasteiger partial charge in [0.2, 0.25) is 0 Å². The largest absolute Gasteiger partial charge is 0.466 e. The average molecular weight is 304 g/mol. The van der Waals surface area contributed by atoms with Gasteiger partial charge in [-0.25, -0.2) is 9.50 Å². The van der Waals surface area contributed by atoms with Crippen molar-refractivity contribution in [1.29, 1.82) is 0 Å².